The minimum Gasteiger partial charge on any atom is -0.478 e. The molecule has 0 aromatic rings. The molecule has 0 aliphatic heterocycles. The molecule has 0 aliphatic rings. The molecule has 128 valence electrons. The Kier molecular flexibility index (Phi) is 18.6. The van der Waals surface area contributed by atoms with Crippen LogP contribution in [0.15, 0.2) is 49.1 Å². The van der Waals surface area contributed by atoms with Gasteiger partial charge >= 0.3 is 17.9 Å². The Morgan fingerprint density at radius 3 is 1.83 bits per heavy atom. The molecule has 0 spiro atoms. The van der Waals surface area contributed by atoms with E-state index >= 15 is 0 Å². The number of esters is 2. The van der Waals surface area contributed by atoms with Gasteiger partial charge in [-0.05, 0) is 26.0 Å². The van der Waals surface area contributed by atoms with E-state index in [-0.39, 0.29) is 18.1 Å². The van der Waals surface area contributed by atoms with Crippen molar-refractivity contribution in [2.24, 2.45) is 0 Å². The molecule has 0 unspecified atom stereocenters. The molecule has 0 heterocycles. The number of aldehydes is 1. The first-order chi connectivity index (χ1) is 10.7. The van der Waals surface area contributed by atoms with Gasteiger partial charge in [-0.2, -0.15) is 0 Å². The first-order valence-corrected chi connectivity index (χ1v) is 6.24. The second kappa shape index (κ2) is 17.1. The molecule has 1 N–H and O–H groups in total. The van der Waals surface area contributed by atoms with Crippen molar-refractivity contribution < 1.29 is 33.8 Å². The normalized spacial score (nSPS) is 8.30. The molecule has 0 aromatic carbocycles. The molecule has 23 heavy (non-hydrogen) atoms. The minimum atomic E-state index is -1.12. The van der Waals surface area contributed by atoms with E-state index in [0.29, 0.717) is 11.9 Å². The average Bonchev–Trinajstić information content (AvgIpc) is 2.52. The smallest absolute Gasteiger partial charge is 0.337 e. The fourth-order valence-electron chi connectivity index (χ4n) is 0.638. The SMILES string of the molecule is C=C(C)C(=O)OC.C=C(C=CC(=O)O)C(=O)OCC.C=CC=O. The number of hydrogen-bond acceptors (Lipinski definition) is 6. The van der Waals surface area contributed by atoms with Gasteiger partial charge in [-0.3, -0.25) is 4.79 Å². The van der Waals surface area contributed by atoms with Gasteiger partial charge in [-0.15, -0.1) is 0 Å². The molecule has 0 aromatic heterocycles. The van der Waals surface area contributed by atoms with Crippen LogP contribution in [0.25, 0.3) is 0 Å². The van der Waals surface area contributed by atoms with Crippen LogP contribution in [0.5, 0.6) is 0 Å². The van der Waals surface area contributed by atoms with Gasteiger partial charge in [-0.25, -0.2) is 14.4 Å². The standard InChI is InChI=1S/C8H10O4.C5H8O2.C3H4O/c1-3-12-8(11)6(2)4-5-7(9)10;1-4(2)5(6)7-3;1-2-3-4/h4-5H,2-3H2,1H3,(H,9,10);1H2,2-3H3;2-3H,1H2. The molecule has 0 amide bonds. The highest BCUT2D eigenvalue weighted by atomic mass is 16.5. The number of methoxy groups -OCH3 is 1. The number of allylic oxidation sites excluding steroid dienone is 1. The number of aliphatic carboxylic acids is 1. The lowest BCUT2D eigenvalue weighted by Gasteiger charge is -1.98. The Morgan fingerprint density at radius 2 is 1.61 bits per heavy atom. The molecule has 0 aliphatic carbocycles. The van der Waals surface area contributed by atoms with Crippen LogP contribution in [0.2, 0.25) is 0 Å². The van der Waals surface area contributed by atoms with Crippen LogP contribution in [0, 0.1) is 0 Å². The Morgan fingerprint density at radius 1 is 1.13 bits per heavy atom. The zero-order valence-corrected chi connectivity index (χ0v) is 13.5. The highest BCUT2D eigenvalue weighted by Gasteiger charge is 2.03. The largest absolute Gasteiger partial charge is 0.478 e. The maximum atomic E-state index is 10.8. The highest BCUT2D eigenvalue weighted by Crippen LogP contribution is 1.96. The van der Waals surface area contributed by atoms with E-state index in [4.69, 9.17) is 9.90 Å². The van der Waals surface area contributed by atoms with Crippen LogP contribution in [0.3, 0.4) is 0 Å². The van der Waals surface area contributed by atoms with E-state index in [0.717, 1.165) is 12.2 Å². The fraction of sp³-hybridized carbons (Fsp3) is 0.250. The molecule has 7 heteroatoms. The zero-order chi connectivity index (χ0) is 18.8. The fourth-order valence-corrected chi connectivity index (χ4v) is 0.638. The van der Waals surface area contributed by atoms with Crippen molar-refractivity contribution in [3.05, 3.63) is 49.1 Å². The van der Waals surface area contributed by atoms with E-state index < -0.39 is 11.9 Å². The molecule has 0 atom stereocenters. The van der Waals surface area contributed by atoms with Crippen LogP contribution in [0.4, 0.5) is 0 Å². The third kappa shape index (κ3) is 21.5. The van der Waals surface area contributed by atoms with Crippen LogP contribution in [0.1, 0.15) is 13.8 Å². The van der Waals surface area contributed by atoms with E-state index in [1.807, 2.05) is 0 Å². The molecule has 0 radical (unpaired) electrons. The van der Waals surface area contributed by atoms with E-state index in [1.165, 1.54) is 13.2 Å². The second-order valence-electron chi connectivity index (χ2n) is 3.56. The van der Waals surface area contributed by atoms with E-state index in [9.17, 15) is 14.4 Å². The molecule has 0 fully saturated rings. The van der Waals surface area contributed by atoms with Crippen molar-refractivity contribution in [2.75, 3.05) is 13.7 Å². The van der Waals surface area contributed by atoms with Gasteiger partial charge in [0.15, 0.2) is 0 Å². The molecular weight excluding hydrogens is 304 g/mol. The quantitative estimate of drug-likeness (QED) is 0.343. The lowest BCUT2D eigenvalue weighted by molar-refractivity contribution is -0.138. The maximum absolute atomic E-state index is 10.8. The summed E-state index contributed by atoms with van der Waals surface area (Å²) in [5, 5.41) is 8.19. The van der Waals surface area contributed by atoms with Gasteiger partial charge in [0.1, 0.15) is 6.29 Å². The molecule has 7 nitrogen and oxygen atoms in total. The lowest BCUT2D eigenvalue weighted by atomic mass is 10.3. The van der Waals surface area contributed by atoms with Gasteiger partial charge in [0.25, 0.3) is 0 Å². The summed E-state index contributed by atoms with van der Waals surface area (Å²) in [7, 11) is 1.33. The summed E-state index contributed by atoms with van der Waals surface area (Å²) in [4.78, 5) is 40.0. The third-order valence-electron chi connectivity index (χ3n) is 1.59. The predicted octanol–water partition coefficient (Wildman–Crippen LogP) is 1.85. The molecular formula is C16H22O7. The first-order valence-electron chi connectivity index (χ1n) is 6.24. The Hall–Kier alpha value is -2.96. The van der Waals surface area contributed by atoms with Gasteiger partial charge in [0, 0.05) is 11.6 Å². The summed E-state index contributed by atoms with van der Waals surface area (Å²) in [5.41, 5.74) is 0.460. The van der Waals surface area contributed by atoms with Crippen molar-refractivity contribution in [3.8, 4) is 0 Å². The van der Waals surface area contributed by atoms with Crippen molar-refractivity contribution in [2.45, 2.75) is 13.8 Å². The maximum Gasteiger partial charge on any atom is 0.337 e. The van der Waals surface area contributed by atoms with Crippen molar-refractivity contribution >= 4 is 24.2 Å². The van der Waals surface area contributed by atoms with Gasteiger partial charge < -0.3 is 14.6 Å². The summed E-state index contributed by atoms with van der Waals surface area (Å²) in [6.45, 7) is 13.3. The third-order valence-corrected chi connectivity index (χ3v) is 1.59. The molecule has 0 bridgehead atoms. The Bertz CT molecular complexity index is 467. The Balaban J connectivity index is -0.000000307. The molecule has 0 saturated carbocycles. The number of carboxylic acids is 1. The summed E-state index contributed by atoms with van der Waals surface area (Å²) in [6, 6.07) is 0. The summed E-state index contributed by atoms with van der Waals surface area (Å²) < 4.78 is 8.83. The van der Waals surface area contributed by atoms with Crippen LogP contribution in [-0.4, -0.2) is 43.0 Å². The minimum absolute atomic E-state index is 0.0271. The average molecular weight is 326 g/mol. The first kappa shape index (κ1) is 25.0. The predicted molar refractivity (Wildman–Crippen MR) is 85.6 cm³/mol. The van der Waals surface area contributed by atoms with Crippen molar-refractivity contribution in [1.29, 1.82) is 0 Å². The molecule has 0 rings (SSSR count). The van der Waals surface area contributed by atoms with Crippen molar-refractivity contribution in [1.82, 2.24) is 0 Å². The number of carbonyl (C=O) groups excluding carboxylic acids is 3. The molecule has 0 saturated heterocycles. The van der Waals surface area contributed by atoms with Crippen LogP contribution < -0.4 is 0 Å². The monoisotopic (exact) mass is 326 g/mol. The van der Waals surface area contributed by atoms with Crippen molar-refractivity contribution in [3.63, 3.8) is 0 Å². The van der Waals surface area contributed by atoms with E-state index in [1.54, 1.807) is 13.8 Å². The van der Waals surface area contributed by atoms with Gasteiger partial charge in [0.05, 0.1) is 19.3 Å². The van der Waals surface area contributed by atoms with Gasteiger partial charge in [-0.1, -0.05) is 19.7 Å². The highest BCUT2D eigenvalue weighted by molar-refractivity contribution is 5.93. The lowest BCUT2D eigenvalue weighted by Crippen LogP contribution is -2.05. The summed E-state index contributed by atoms with van der Waals surface area (Å²) >= 11 is 0. The summed E-state index contributed by atoms with van der Waals surface area (Å²) in [5.74, 6) is -2.07. The number of carboxylic acid groups (broad SMARTS) is 1. The number of hydrogen-bond donors (Lipinski definition) is 1. The second-order valence-corrected chi connectivity index (χ2v) is 3.56. The number of rotatable bonds is 6. The zero-order valence-electron chi connectivity index (χ0n) is 13.5. The van der Waals surface area contributed by atoms with Crippen LogP contribution in [-0.2, 0) is 28.7 Å². The number of ether oxygens (including phenoxy) is 2. The summed E-state index contributed by atoms with van der Waals surface area (Å²) in [6.07, 6.45) is 3.76. The van der Waals surface area contributed by atoms with E-state index in [2.05, 4.69) is 29.2 Å². The Labute approximate surface area is 135 Å². The van der Waals surface area contributed by atoms with Crippen LogP contribution >= 0.6 is 0 Å². The topological polar surface area (TPSA) is 107 Å². The number of carbonyl (C=O) groups is 4. The van der Waals surface area contributed by atoms with Gasteiger partial charge in [0.2, 0.25) is 0 Å².